The van der Waals surface area contributed by atoms with Crippen molar-refractivity contribution >= 4 is 9.84 Å². The Morgan fingerprint density at radius 1 is 1.00 bits per heavy atom. The van der Waals surface area contributed by atoms with Gasteiger partial charge >= 0.3 is 0 Å². The molecule has 0 amide bonds. The average molecular weight is 388 g/mol. The van der Waals surface area contributed by atoms with Gasteiger partial charge in [0.25, 0.3) is 0 Å². The van der Waals surface area contributed by atoms with Crippen LogP contribution in [0.25, 0.3) is 0 Å². The van der Waals surface area contributed by atoms with Crippen LogP contribution in [0.4, 0.5) is 0 Å². The molecule has 2 fully saturated rings. The Morgan fingerprint density at radius 3 is 2.26 bits per heavy atom. The Kier molecular flexibility index (Phi) is 5.16. The van der Waals surface area contributed by atoms with E-state index in [-0.39, 0.29) is 23.6 Å². The molecule has 0 saturated carbocycles. The molecule has 144 valence electrons. The Labute approximate surface area is 160 Å². The molecule has 2 saturated heterocycles. The molecular weight excluding hydrogens is 362 g/mol. The van der Waals surface area contributed by atoms with E-state index in [4.69, 9.17) is 4.74 Å². The van der Waals surface area contributed by atoms with Crippen LogP contribution in [0, 0.1) is 0 Å². The summed E-state index contributed by atoms with van der Waals surface area (Å²) < 4.78 is 30.1. The van der Waals surface area contributed by atoms with E-state index >= 15 is 0 Å². The lowest BCUT2D eigenvalue weighted by atomic mass is 10.0. The first-order chi connectivity index (χ1) is 13.0. The maximum atomic E-state index is 12.4. The van der Waals surface area contributed by atoms with Crippen LogP contribution in [0.2, 0.25) is 0 Å². The maximum Gasteiger partial charge on any atom is 0.153 e. The molecule has 1 aromatic heterocycles. The number of hydrogen-bond donors (Lipinski definition) is 0. The van der Waals surface area contributed by atoms with Gasteiger partial charge in [0.1, 0.15) is 5.75 Å². The standard InChI is InChI=1S/C20H25N3O3S/c1-26-18-4-2-3-17(11-18)13-23-10-9-22(12-16-5-7-21-8-6-16)19-14-27(24,25)15-20(19)23/h2-8,11,19-20H,9-10,12-15H2,1H3/t19-,20+/m1/s1. The van der Waals surface area contributed by atoms with Crippen molar-refractivity contribution < 1.29 is 13.2 Å². The molecule has 0 bridgehead atoms. The summed E-state index contributed by atoms with van der Waals surface area (Å²) in [5.74, 6) is 1.32. The fourth-order valence-electron chi connectivity index (χ4n) is 4.22. The molecule has 0 spiro atoms. The van der Waals surface area contributed by atoms with Crippen molar-refractivity contribution in [2.24, 2.45) is 0 Å². The second kappa shape index (κ2) is 7.58. The number of ether oxygens (including phenoxy) is 1. The summed E-state index contributed by atoms with van der Waals surface area (Å²) in [5.41, 5.74) is 2.33. The minimum Gasteiger partial charge on any atom is -0.497 e. The highest BCUT2D eigenvalue weighted by molar-refractivity contribution is 7.91. The van der Waals surface area contributed by atoms with E-state index < -0.39 is 9.84 Å². The molecule has 4 rings (SSSR count). The number of hydrogen-bond acceptors (Lipinski definition) is 6. The topological polar surface area (TPSA) is 62.7 Å². The predicted octanol–water partition coefficient (Wildman–Crippen LogP) is 1.57. The van der Waals surface area contributed by atoms with Crippen LogP contribution in [0.5, 0.6) is 5.75 Å². The van der Waals surface area contributed by atoms with Gasteiger partial charge in [0.15, 0.2) is 9.84 Å². The first-order valence-corrected chi connectivity index (χ1v) is 11.1. The van der Waals surface area contributed by atoms with E-state index in [0.29, 0.717) is 0 Å². The van der Waals surface area contributed by atoms with Gasteiger partial charge in [0.2, 0.25) is 0 Å². The number of methoxy groups -OCH3 is 1. The van der Waals surface area contributed by atoms with E-state index in [9.17, 15) is 8.42 Å². The van der Waals surface area contributed by atoms with Crippen LogP contribution >= 0.6 is 0 Å². The highest BCUT2D eigenvalue weighted by Gasteiger charge is 2.46. The fourth-order valence-corrected chi connectivity index (χ4v) is 6.26. The van der Waals surface area contributed by atoms with Gasteiger partial charge in [-0.2, -0.15) is 0 Å². The summed E-state index contributed by atoms with van der Waals surface area (Å²) in [6, 6.07) is 12.1. The van der Waals surface area contributed by atoms with Crippen molar-refractivity contribution in [3.63, 3.8) is 0 Å². The Hall–Kier alpha value is -1.96. The Bertz CT molecular complexity index is 888. The number of benzene rings is 1. The first kappa shape index (κ1) is 18.4. The number of pyridine rings is 1. The molecule has 2 aromatic rings. The van der Waals surface area contributed by atoms with Gasteiger partial charge < -0.3 is 4.74 Å². The zero-order valence-corrected chi connectivity index (χ0v) is 16.3. The summed E-state index contributed by atoms with van der Waals surface area (Å²) in [7, 11) is -1.35. The molecule has 0 N–H and O–H groups in total. The second-order valence-corrected chi connectivity index (χ2v) is 9.51. The van der Waals surface area contributed by atoms with Gasteiger partial charge in [-0.05, 0) is 35.4 Å². The third-order valence-electron chi connectivity index (χ3n) is 5.56. The highest BCUT2D eigenvalue weighted by atomic mass is 32.2. The van der Waals surface area contributed by atoms with Gasteiger partial charge in [-0.25, -0.2) is 8.42 Å². The lowest BCUT2D eigenvalue weighted by molar-refractivity contribution is 0.0354. The summed E-state index contributed by atoms with van der Waals surface area (Å²) in [6.45, 7) is 3.24. The molecule has 2 atom stereocenters. The zero-order valence-electron chi connectivity index (χ0n) is 15.5. The van der Waals surface area contributed by atoms with E-state index in [0.717, 1.165) is 37.5 Å². The molecule has 27 heavy (non-hydrogen) atoms. The maximum absolute atomic E-state index is 12.4. The van der Waals surface area contributed by atoms with Crippen LogP contribution in [-0.2, 0) is 22.9 Å². The molecule has 0 unspecified atom stereocenters. The largest absolute Gasteiger partial charge is 0.497 e. The summed E-state index contributed by atoms with van der Waals surface area (Å²) in [4.78, 5) is 8.72. The molecule has 2 aliphatic rings. The third kappa shape index (κ3) is 4.15. The van der Waals surface area contributed by atoms with Crippen LogP contribution in [0.15, 0.2) is 48.8 Å². The number of sulfone groups is 1. The lowest BCUT2D eigenvalue weighted by Gasteiger charge is -2.44. The number of aromatic nitrogens is 1. The molecule has 2 aliphatic heterocycles. The van der Waals surface area contributed by atoms with Crippen LogP contribution < -0.4 is 4.74 Å². The molecule has 3 heterocycles. The van der Waals surface area contributed by atoms with Crippen molar-refractivity contribution in [3.8, 4) is 5.75 Å². The van der Waals surface area contributed by atoms with Gasteiger partial charge in [0.05, 0.1) is 18.6 Å². The number of rotatable bonds is 5. The summed E-state index contributed by atoms with van der Waals surface area (Å²) in [6.07, 6.45) is 3.58. The highest BCUT2D eigenvalue weighted by Crippen LogP contribution is 2.29. The molecule has 7 heteroatoms. The lowest BCUT2D eigenvalue weighted by Crippen LogP contribution is -2.58. The van der Waals surface area contributed by atoms with E-state index in [1.165, 1.54) is 5.56 Å². The van der Waals surface area contributed by atoms with Gasteiger partial charge in [-0.3, -0.25) is 14.8 Å². The Morgan fingerprint density at radius 2 is 1.63 bits per heavy atom. The molecular formula is C20H25N3O3S. The minimum absolute atomic E-state index is 0.0387. The van der Waals surface area contributed by atoms with Crippen LogP contribution in [0.3, 0.4) is 0 Å². The van der Waals surface area contributed by atoms with Gasteiger partial charge in [0, 0.05) is 50.7 Å². The van der Waals surface area contributed by atoms with Crippen molar-refractivity contribution in [1.82, 2.24) is 14.8 Å². The normalized spacial score (nSPS) is 25.2. The van der Waals surface area contributed by atoms with Crippen LogP contribution in [-0.4, -0.2) is 67.0 Å². The molecule has 1 aromatic carbocycles. The van der Waals surface area contributed by atoms with Gasteiger partial charge in [-0.15, -0.1) is 0 Å². The third-order valence-corrected chi connectivity index (χ3v) is 7.26. The second-order valence-electron chi connectivity index (χ2n) is 7.36. The van der Waals surface area contributed by atoms with Crippen LogP contribution in [0.1, 0.15) is 11.1 Å². The fraction of sp³-hybridized carbons (Fsp3) is 0.450. The monoisotopic (exact) mass is 387 g/mol. The smallest absolute Gasteiger partial charge is 0.153 e. The SMILES string of the molecule is COc1cccc(CN2CCN(Cc3ccncc3)[C@@H]3CS(=O)(=O)C[C@@H]32)c1. The number of fused-ring (bicyclic) bond motifs is 1. The number of nitrogens with zero attached hydrogens (tertiary/aromatic N) is 3. The van der Waals surface area contributed by atoms with Crippen molar-refractivity contribution in [2.75, 3.05) is 31.7 Å². The summed E-state index contributed by atoms with van der Waals surface area (Å²) in [5, 5.41) is 0. The van der Waals surface area contributed by atoms with E-state index in [2.05, 4.69) is 20.9 Å². The van der Waals surface area contributed by atoms with Gasteiger partial charge in [-0.1, -0.05) is 12.1 Å². The summed E-state index contributed by atoms with van der Waals surface area (Å²) >= 11 is 0. The Balaban J connectivity index is 1.53. The quantitative estimate of drug-likeness (QED) is 0.776. The van der Waals surface area contributed by atoms with Crippen molar-refractivity contribution in [3.05, 3.63) is 59.9 Å². The minimum atomic E-state index is -3.01. The first-order valence-electron chi connectivity index (χ1n) is 9.24. The molecule has 0 radical (unpaired) electrons. The average Bonchev–Trinajstić information content (AvgIpc) is 3.01. The van der Waals surface area contributed by atoms with Crippen molar-refractivity contribution in [2.45, 2.75) is 25.2 Å². The van der Waals surface area contributed by atoms with Crippen molar-refractivity contribution in [1.29, 1.82) is 0 Å². The molecule has 0 aliphatic carbocycles. The van der Waals surface area contributed by atoms with E-state index in [1.807, 2.05) is 30.3 Å². The number of piperazine rings is 1. The molecule has 6 nitrogen and oxygen atoms in total. The predicted molar refractivity (Wildman–Crippen MR) is 104 cm³/mol. The van der Waals surface area contributed by atoms with E-state index in [1.54, 1.807) is 19.5 Å². The zero-order chi connectivity index (χ0) is 18.9.